The SMILES string of the molecule is C[Si]c1n[nH]nc1Br. The summed E-state index contributed by atoms with van der Waals surface area (Å²) in [7, 11) is 0.702. The van der Waals surface area contributed by atoms with E-state index in [-0.39, 0.29) is 0 Å². The van der Waals surface area contributed by atoms with Gasteiger partial charge in [-0.2, -0.15) is 10.3 Å². The Hall–Kier alpha value is -0.163. The molecule has 8 heavy (non-hydrogen) atoms. The number of nitrogens with zero attached hydrogens (tertiary/aromatic N) is 2. The zero-order valence-electron chi connectivity index (χ0n) is 4.27. The van der Waals surface area contributed by atoms with Crippen LogP contribution in [0.4, 0.5) is 0 Å². The fourth-order valence-electron chi connectivity index (χ4n) is 0.377. The predicted octanol–water partition coefficient (Wildman–Crippen LogP) is -0.0552. The molecule has 0 aromatic carbocycles. The number of H-pyrrole nitrogens is 1. The van der Waals surface area contributed by atoms with Crippen LogP contribution < -0.4 is 5.32 Å². The second-order valence-corrected chi connectivity index (χ2v) is 2.94. The van der Waals surface area contributed by atoms with Crippen LogP contribution in [-0.4, -0.2) is 24.9 Å². The minimum absolute atomic E-state index is 0.702. The second-order valence-electron chi connectivity index (χ2n) is 1.21. The van der Waals surface area contributed by atoms with Crippen LogP contribution in [0.5, 0.6) is 0 Å². The van der Waals surface area contributed by atoms with Gasteiger partial charge < -0.3 is 0 Å². The van der Waals surface area contributed by atoms with E-state index < -0.39 is 0 Å². The molecule has 0 aliphatic heterocycles. The van der Waals surface area contributed by atoms with E-state index in [1.54, 1.807) is 0 Å². The van der Waals surface area contributed by atoms with Crippen LogP contribution in [0.2, 0.25) is 6.55 Å². The fourth-order valence-corrected chi connectivity index (χ4v) is 1.56. The van der Waals surface area contributed by atoms with Gasteiger partial charge in [0.1, 0.15) is 14.1 Å². The molecule has 0 aliphatic rings. The van der Waals surface area contributed by atoms with E-state index in [0.717, 1.165) is 9.92 Å². The summed E-state index contributed by atoms with van der Waals surface area (Å²) in [4.78, 5) is 0. The van der Waals surface area contributed by atoms with Gasteiger partial charge in [0.25, 0.3) is 0 Å². The van der Waals surface area contributed by atoms with Crippen molar-refractivity contribution >= 4 is 30.8 Å². The summed E-state index contributed by atoms with van der Waals surface area (Å²) in [6.07, 6.45) is 0. The normalized spacial score (nSPS) is 9.75. The molecule has 0 saturated heterocycles. The van der Waals surface area contributed by atoms with Crippen molar-refractivity contribution in [2.24, 2.45) is 0 Å². The van der Waals surface area contributed by atoms with E-state index in [1.807, 2.05) is 0 Å². The minimum Gasteiger partial charge on any atom is -0.197 e. The Balaban J connectivity index is 2.92. The van der Waals surface area contributed by atoms with Gasteiger partial charge in [0, 0.05) is 0 Å². The van der Waals surface area contributed by atoms with E-state index in [2.05, 4.69) is 37.9 Å². The Bertz CT molecular complexity index is 175. The zero-order valence-corrected chi connectivity index (χ0v) is 6.86. The van der Waals surface area contributed by atoms with Gasteiger partial charge >= 0.3 is 0 Å². The maximum absolute atomic E-state index is 3.86. The first kappa shape index (κ1) is 5.96. The molecular formula is C3H4BrN3Si. The number of hydrogen-bond donors (Lipinski definition) is 1. The Morgan fingerprint density at radius 3 is 2.62 bits per heavy atom. The molecule has 1 aromatic rings. The molecule has 42 valence electrons. The highest BCUT2D eigenvalue weighted by molar-refractivity contribution is 9.10. The summed E-state index contributed by atoms with van der Waals surface area (Å²) in [5, 5.41) is 11.2. The summed E-state index contributed by atoms with van der Waals surface area (Å²) < 4.78 is 0.832. The van der Waals surface area contributed by atoms with Gasteiger partial charge in [0.15, 0.2) is 0 Å². The molecular weight excluding hydrogens is 186 g/mol. The van der Waals surface area contributed by atoms with Gasteiger partial charge in [-0.1, -0.05) is 6.55 Å². The van der Waals surface area contributed by atoms with Gasteiger partial charge in [-0.3, -0.25) is 0 Å². The molecule has 2 radical (unpaired) electrons. The highest BCUT2D eigenvalue weighted by Crippen LogP contribution is 1.94. The van der Waals surface area contributed by atoms with Gasteiger partial charge in [0.05, 0.1) is 5.32 Å². The lowest BCUT2D eigenvalue weighted by Crippen LogP contribution is -2.12. The summed E-state index contributed by atoms with van der Waals surface area (Å²) in [5.41, 5.74) is 0. The first-order valence-corrected chi connectivity index (χ1v) is 4.38. The lowest BCUT2D eigenvalue weighted by atomic mass is 10.9. The summed E-state index contributed by atoms with van der Waals surface area (Å²) >= 11 is 3.23. The Labute approximate surface area is 57.8 Å². The topological polar surface area (TPSA) is 41.6 Å². The van der Waals surface area contributed by atoms with Crippen molar-refractivity contribution in [1.82, 2.24) is 15.4 Å². The quantitative estimate of drug-likeness (QED) is 0.630. The number of nitrogens with one attached hydrogen (secondary N) is 1. The van der Waals surface area contributed by atoms with Crippen LogP contribution in [0.15, 0.2) is 4.60 Å². The van der Waals surface area contributed by atoms with Crippen molar-refractivity contribution in [3.05, 3.63) is 4.60 Å². The lowest BCUT2D eigenvalue weighted by molar-refractivity contribution is 0.939. The van der Waals surface area contributed by atoms with Crippen LogP contribution in [0.1, 0.15) is 0 Å². The highest BCUT2D eigenvalue weighted by atomic mass is 79.9. The molecule has 5 heteroatoms. The molecule has 1 rings (SSSR count). The molecule has 0 bridgehead atoms. The third kappa shape index (κ3) is 0.975. The van der Waals surface area contributed by atoms with E-state index >= 15 is 0 Å². The molecule has 3 nitrogen and oxygen atoms in total. The largest absolute Gasteiger partial charge is 0.197 e. The van der Waals surface area contributed by atoms with E-state index in [9.17, 15) is 0 Å². The summed E-state index contributed by atoms with van der Waals surface area (Å²) in [6.45, 7) is 2.06. The number of hydrogen-bond acceptors (Lipinski definition) is 2. The summed E-state index contributed by atoms with van der Waals surface area (Å²) in [6, 6.07) is 0. The van der Waals surface area contributed by atoms with Crippen molar-refractivity contribution in [3.8, 4) is 0 Å². The maximum atomic E-state index is 3.86. The molecule has 0 unspecified atom stereocenters. The molecule has 0 fully saturated rings. The number of rotatable bonds is 1. The van der Waals surface area contributed by atoms with Crippen LogP contribution in [0, 0.1) is 0 Å². The number of aromatic amines is 1. The Morgan fingerprint density at radius 2 is 2.38 bits per heavy atom. The molecule has 1 heterocycles. The second kappa shape index (κ2) is 2.41. The molecule has 1 aromatic heterocycles. The highest BCUT2D eigenvalue weighted by Gasteiger charge is 1.98. The van der Waals surface area contributed by atoms with E-state index in [1.165, 1.54) is 0 Å². The van der Waals surface area contributed by atoms with Crippen molar-refractivity contribution in [2.45, 2.75) is 6.55 Å². The Morgan fingerprint density at radius 1 is 1.62 bits per heavy atom. The first-order chi connectivity index (χ1) is 3.84. The smallest absolute Gasteiger partial charge is 0.146 e. The van der Waals surface area contributed by atoms with Crippen LogP contribution in [0.3, 0.4) is 0 Å². The zero-order chi connectivity index (χ0) is 5.98. The van der Waals surface area contributed by atoms with Gasteiger partial charge in [-0.05, 0) is 15.9 Å². The molecule has 0 amide bonds. The standard InChI is InChI=1S/C3H4BrN3Si/c1-8-3-2(4)5-7-6-3/h1H3,(H,5,6,7). The molecule has 1 N–H and O–H groups in total. The van der Waals surface area contributed by atoms with Crippen LogP contribution in [-0.2, 0) is 0 Å². The van der Waals surface area contributed by atoms with Gasteiger partial charge in [-0.25, -0.2) is 0 Å². The molecule has 0 aliphatic carbocycles. The first-order valence-electron chi connectivity index (χ1n) is 2.08. The Kier molecular flexibility index (Phi) is 1.79. The van der Waals surface area contributed by atoms with Crippen LogP contribution >= 0.6 is 15.9 Å². The van der Waals surface area contributed by atoms with Crippen LogP contribution in [0.25, 0.3) is 0 Å². The molecule has 0 saturated carbocycles. The average Bonchev–Trinajstić information content (AvgIpc) is 2.14. The van der Waals surface area contributed by atoms with Gasteiger partial charge in [0.2, 0.25) is 0 Å². The van der Waals surface area contributed by atoms with E-state index in [0.29, 0.717) is 9.52 Å². The lowest BCUT2D eigenvalue weighted by Gasteiger charge is -1.79. The minimum atomic E-state index is 0.702. The van der Waals surface area contributed by atoms with Crippen molar-refractivity contribution < 1.29 is 0 Å². The third-order valence-corrected chi connectivity index (χ3v) is 2.48. The van der Waals surface area contributed by atoms with E-state index in [4.69, 9.17) is 0 Å². The monoisotopic (exact) mass is 189 g/mol. The van der Waals surface area contributed by atoms with Crippen molar-refractivity contribution in [2.75, 3.05) is 0 Å². The van der Waals surface area contributed by atoms with Gasteiger partial charge in [-0.15, -0.1) is 5.10 Å². The maximum Gasteiger partial charge on any atom is 0.146 e. The third-order valence-electron chi connectivity index (χ3n) is 0.742. The number of halogens is 1. The van der Waals surface area contributed by atoms with Crippen molar-refractivity contribution in [3.63, 3.8) is 0 Å². The molecule has 0 atom stereocenters. The van der Waals surface area contributed by atoms with Crippen molar-refractivity contribution in [1.29, 1.82) is 0 Å². The average molecular weight is 190 g/mol. The predicted molar refractivity (Wildman–Crippen MR) is 35.3 cm³/mol. The number of aromatic nitrogens is 3. The fraction of sp³-hybridized carbons (Fsp3) is 0.333. The molecule has 0 spiro atoms. The summed E-state index contributed by atoms with van der Waals surface area (Å²) in [5.74, 6) is 0.